The number of likely N-dealkylation sites (N-methyl/N-ethyl adjacent to an activating group) is 1. The molecule has 1 fully saturated rings. The van der Waals surface area contributed by atoms with E-state index in [0.29, 0.717) is 6.61 Å². The summed E-state index contributed by atoms with van der Waals surface area (Å²) in [6.07, 6.45) is 0. The number of halogens is 1. The normalized spacial score (nSPS) is 24.2. The first kappa shape index (κ1) is 18.7. The van der Waals surface area contributed by atoms with Gasteiger partial charge in [-0.15, -0.1) is 12.4 Å². The maximum atomic E-state index is 11.4. The molecule has 5 heteroatoms. The lowest BCUT2D eigenvalue weighted by Crippen LogP contribution is -2.52. The van der Waals surface area contributed by atoms with Crippen LogP contribution in [0.5, 0.6) is 5.75 Å². The van der Waals surface area contributed by atoms with Gasteiger partial charge in [-0.1, -0.05) is 37.3 Å². The van der Waals surface area contributed by atoms with Gasteiger partial charge in [0.25, 0.3) is 0 Å². The molecule has 2 aromatic rings. The number of morpholine rings is 1. The van der Waals surface area contributed by atoms with Crippen LogP contribution in [0.4, 0.5) is 0 Å². The van der Waals surface area contributed by atoms with Crippen molar-refractivity contribution in [2.24, 2.45) is 0 Å². The van der Waals surface area contributed by atoms with Crippen LogP contribution in [0, 0.1) is 0 Å². The Labute approximate surface area is 149 Å². The molecule has 24 heavy (non-hydrogen) atoms. The van der Waals surface area contributed by atoms with Gasteiger partial charge in [-0.25, -0.2) is 0 Å². The molecule has 1 aliphatic heterocycles. The van der Waals surface area contributed by atoms with Crippen molar-refractivity contribution in [3.8, 4) is 5.75 Å². The van der Waals surface area contributed by atoms with E-state index in [1.807, 2.05) is 54.6 Å². The topological polar surface area (TPSA) is 41.9 Å². The lowest BCUT2D eigenvalue weighted by atomic mass is 9.89. The number of rotatable bonds is 4. The number of aliphatic hydroxyl groups is 1. The smallest absolute Gasteiger partial charge is 0.212 e. The summed E-state index contributed by atoms with van der Waals surface area (Å²) in [4.78, 5) is 2.25. The van der Waals surface area contributed by atoms with Gasteiger partial charge >= 0.3 is 0 Å². The van der Waals surface area contributed by atoms with E-state index in [2.05, 4.69) is 11.8 Å². The second kappa shape index (κ2) is 7.99. The summed E-state index contributed by atoms with van der Waals surface area (Å²) in [7, 11) is 1.63. The summed E-state index contributed by atoms with van der Waals surface area (Å²) in [5.41, 5.74) is 1.79. The fraction of sp³-hybridized carbons (Fsp3) is 0.368. The average molecular weight is 350 g/mol. The fourth-order valence-corrected chi connectivity index (χ4v) is 3.26. The Kier molecular flexibility index (Phi) is 6.24. The zero-order valence-corrected chi connectivity index (χ0v) is 14.8. The SMILES string of the molecule is CCN1CCOC(O)(c2ccc(OC)cc2)C1c1ccccc1.Cl. The van der Waals surface area contributed by atoms with Crippen LogP contribution < -0.4 is 4.74 Å². The van der Waals surface area contributed by atoms with Gasteiger partial charge in [0.05, 0.1) is 19.8 Å². The highest BCUT2D eigenvalue weighted by Gasteiger charge is 2.46. The van der Waals surface area contributed by atoms with Crippen molar-refractivity contribution < 1.29 is 14.6 Å². The number of hydrogen-bond donors (Lipinski definition) is 1. The summed E-state index contributed by atoms with van der Waals surface area (Å²) in [6, 6.07) is 17.2. The summed E-state index contributed by atoms with van der Waals surface area (Å²) < 4.78 is 11.1. The van der Waals surface area contributed by atoms with Gasteiger partial charge in [-0.2, -0.15) is 0 Å². The van der Waals surface area contributed by atoms with Crippen molar-refractivity contribution in [1.29, 1.82) is 0 Å². The van der Waals surface area contributed by atoms with Gasteiger partial charge in [0, 0.05) is 12.1 Å². The van der Waals surface area contributed by atoms with Gasteiger partial charge in [-0.05, 0) is 36.4 Å². The van der Waals surface area contributed by atoms with Gasteiger partial charge < -0.3 is 14.6 Å². The van der Waals surface area contributed by atoms with Crippen molar-refractivity contribution >= 4 is 12.4 Å². The zero-order valence-electron chi connectivity index (χ0n) is 14.0. The van der Waals surface area contributed by atoms with Crippen molar-refractivity contribution in [2.75, 3.05) is 26.8 Å². The Bertz CT molecular complexity index is 635. The maximum Gasteiger partial charge on any atom is 0.212 e. The molecule has 0 aliphatic carbocycles. The molecule has 0 aromatic heterocycles. The Hall–Kier alpha value is -1.59. The molecule has 1 N–H and O–H groups in total. The van der Waals surface area contributed by atoms with E-state index in [4.69, 9.17) is 9.47 Å². The largest absolute Gasteiger partial charge is 0.497 e. The predicted molar refractivity (Wildman–Crippen MR) is 96.5 cm³/mol. The lowest BCUT2D eigenvalue weighted by Gasteiger charge is -2.46. The molecule has 3 rings (SSSR count). The molecule has 0 amide bonds. The van der Waals surface area contributed by atoms with Crippen LogP contribution in [0.2, 0.25) is 0 Å². The van der Waals surface area contributed by atoms with E-state index >= 15 is 0 Å². The first-order chi connectivity index (χ1) is 11.2. The molecule has 130 valence electrons. The van der Waals surface area contributed by atoms with E-state index < -0.39 is 5.79 Å². The Morgan fingerprint density at radius 2 is 1.83 bits per heavy atom. The zero-order chi connectivity index (χ0) is 16.3. The standard InChI is InChI=1S/C19H23NO3.ClH/c1-3-20-13-14-23-19(21,16-9-11-17(22-2)12-10-16)18(20)15-7-5-4-6-8-15;/h4-12,18,21H,3,13-14H2,1-2H3;1H. The molecular formula is C19H24ClNO3. The number of ether oxygens (including phenoxy) is 2. The van der Waals surface area contributed by atoms with E-state index in [1.165, 1.54) is 0 Å². The highest BCUT2D eigenvalue weighted by Crippen LogP contribution is 2.43. The monoisotopic (exact) mass is 349 g/mol. The van der Waals surface area contributed by atoms with Crippen LogP contribution in [-0.4, -0.2) is 36.8 Å². The summed E-state index contributed by atoms with van der Waals surface area (Å²) in [6.45, 7) is 4.26. The van der Waals surface area contributed by atoms with Gasteiger partial charge in [0.2, 0.25) is 5.79 Å². The minimum Gasteiger partial charge on any atom is -0.497 e. The average Bonchev–Trinajstić information content (AvgIpc) is 2.62. The van der Waals surface area contributed by atoms with Crippen molar-refractivity contribution in [1.82, 2.24) is 4.90 Å². The second-order valence-corrected chi connectivity index (χ2v) is 5.72. The number of benzene rings is 2. The summed E-state index contributed by atoms with van der Waals surface area (Å²) in [5, 5.41) is 11.4. The molecule has 1 saturated heterocycles. The highest BCUT2D eigenvalue weighted by molar-refractivity contribution is 5.85. The third-order valence-corrected chi connectivity index (χ3v) is 4.46. The molecule has 2 unspecified atom stereocenters. The number of nitrogens with zero attached hydrogens (tertiary/aromatic N) is 1. The Morgan fingerprint density at radius 3 is 2.42 bits per heavy atom. The van der Waals surface area contributed by atoms with Gasteiger partial charge in [0.1, 0.15) is 5.75 Å². The van der Waals surface area contributed by atoms with Gasteiger partial charge in [-0.3, -0.25) is 4.90 Å². The van der Waals surface area contributed by atoms with Gasteiger partial charge in [0.15, 0.2) is 0 Å². The predicted octanol–water partition coefficient (Wildman–Crippen LogP) is 3.36. The van der Waals surface area contributed by atoms with Crippen molar-refractivity contribution in [3.05, 3.63) is 65.7 Å². The molecule has 0 saturated carbocycles. The highest BCUT2D eigenvalue weighted by atomic mass is 35.5. The van der Waals surface area contributed by atoms with E-state index in [0.717, 1.165) is 30.0 Å². The Morgan fingerprint density at radius 1 is 1.17 bits per heavy atom. The van der Waals surface area contributed by atoms with Crippen molar-refractivity contribution in [3.63, 3.8) is 0 Å². The van der Waals surface area contributed by atoms with Crippen LogP contribution in [0.15, 0.2) is 54.6 Å². The molecule has 1 aliphatic rings. The second-order valence-electron chi connectivity index (χ2n) is 5.72. The molecule has 4 nitrogen and oxygen atoms in total. The molecule has 2 atom stereocenters. The number of hydrogen-bond acceptors (Lipinski definition) is 4. The molecule has 1 heterocycles. The van der Waals surface area contributed by atoms with E-state index in [1.54, 1.807) is 7.11 Å². The first-order valence-electron chi connectivity index (χ1n) is 7.99. The minimum atomic E-state index is -1.37. The molecule has 0 bridgehead atoms. The van der Waals surface area contributed by atoms with Crippen LogP contribution >= 0.6 is 12.4 Å². The fourth-order valence-electron chi connectivity index (χ4n) is 3.26. The minimum absolute atomic E-state index is 0. The van der Waals surface area contributed by atoms with Crippen LogP contribution in [0.1, 0.15) is 24.1 Å². The van der Waals surface area contributed by atoms with Crippen LogP contribution in [0.25, 0.3) is 0 Å². The van der Waals surface area contributed by atoms with E-state index in [-0.39, 0.29) is 18.4 Å². The summed E-state index contributed by atoms with van der Waals surface area (Å²) >= 11 is 0. The third kappa shape index (κ3) is 3.42. The van der Waals surface area contributed by atoms with E-state index in [9.17, 15) is 5.11 Å². The maximum absolute atomic E-state index is 11.4. The molecule has 0 spiro atoms. The van der Waals surface area contributed by atoms with Crippen molar-refractivity contribution in [2.45, 2.75) is 18.8 Å². The first-order valence-corrected chi connectivity index (χ1v) is 7.99. The molecule has 0 radical (unpaired) electrons. The Balaban J connectivity index is 0.00000208. The van der Waals surface area contributed by atoms with Crippen LogP contribution in [0.3, 0.4) is 0 Å². The lowest BCUT2D eigenvalue weighted by molar-refractivity contribution is -0.281. The number of methoxy groups -OCH3 is 1. The van der Waals surface area contributed by atoms with Crippen LogP contribution in [-0.2, 0) is 10.5 Å². The quantitative estimate of drug-likeness (QED) is 0.919. The molecular weight excluding hydrogens is 326 g/mol. The molecule has 2 aromatic carbocycles. The third-order valence-electron chi connectivity index (χ3n) is 4.46. The summed E-state index contributed by atoms with van der Waals surface area (Å²) in [5.74, 6) is -0.612.